The summed E-state index contributed by atoms with van der Waals surface area (Å²) in [5, 5.41) is 13.5. The van der Waals surface area contributed by atoms with Gasteiger partial charge < -0.3 is 5.32 Å². The van der Waals surface area contributed by atoms with Crippen molar-refractivity contribution in [2.45, 2.75) is 0 Å². The first-order valence-electron chi connectivity index (χ1n) is 5.07. The Kier molecular flexibility index (Phi) is 3.52. The number of nitro groups is 1. The van der Waals surface area contributed by atoms with E-state index >= 15 is 0 Å². The Morgan fingerprint density at radius 1 is 1.33 bits per heavy atom. The van der Waals surface area contributed by atoms with Crippen LogP contribution in [0, 0.1) is 10.1 Å². The fourth-order valence-electron chi connectivity index (χ4n) is 1.41. The lowest BCUT2D eigenvalue weighted by molar-refractivity contribution is -0.384. The van der Waals surface area contributed by atoms with Crippen LogP contribution in [0.15, 0.2) is 34.9 Å². The van der Waals surface area contributed by atoms with Gasteiger partial charge in [-0.25, -0.2) is 9.97 Å². The molecule has 1 heterocycles. The van der Waals surface area contributed by atoms with Gasteiger partial charge in [0.25, 0.3) is 5.69 Å². The first-order valence-corrected chi connectivity index (χ1v) is 5.86. The number of benzene rings is 1. The van der Waals surface area contributed by atoms with E-state index in [1.165, 1.54) is 12.1 Å². The molecule has 7 heteroatoms. The van der Waals surface area contributed by atoms with Gasteiger partial charge in [-0.2, -0.15) is 0 Å². The Morgan fingerprint density at radius 3 is 2.56 bits per heavy atom. The monoisotopic (exact) mass is 308 g/mol. The van der Waals surface area contributed by atoms with Crippen molar-refractivity contribution in [2.24, 2.45) is 0 Å². The quantitative estimate of drug-likeness (QED) is 0.696. The number of halogens is 1. The van der Waals surface area contributed by atoms with Gasteiger partial charge in [-0.05, 0) is 28.1 Å². The highest BCUT2D eigenvalue weighted by atomic mass is 79.9. The molecule has 0 radical (unpaired) electrons. The summed E-state index contributed by atoms with van der Waals surface area (Å²) in [5.74, 6) is 1.18. The zero-order chi connectivity index (χ0) is 13.1. The van der Waals surface area contributed by atoms with Crippen LogP contribution in [0.2, 0.25) is 0 Å². The standard InChI is InChI=1S/C11H9BrN4O2/c1-13-11-9(12)6-14-10(15-11)7-2-4-8(5-3-7)16(17)18/h2-6H,1H3,(H,13,14,15). The molecule has 1 N–H and O–H groups in total. The fourth-order valence-corrected chi connectivity index (χ4v) is 1.80. The van der Waals surface area contributed by atoms with Gasteiger partial charge in [0.1, 0.15) is 5.82 Å². The third-order valence-corrected chi connectivity index (χ3v) is 2.90. The highest BCUT2D eigenvalue weighted by Gasteiger charge is 2.08. The van der Waals surface area contributed by atoms with E-state index in [4.69, 9.17) is 0 Å². The van der Waals surface area contributed by atoms with E-state index < -0.39 is 4.92 Å². The lowest BCUT2D eigenvalue weighted by Gasteiger charge is -2.05. The maximum atomic E-state index is 10.6. The predicted octanol–water partition coefficient (Wildman–Crippen LogP) is 2.86. The molecule has 0 aliphatic carbocycles. The molecule has 6 nitrogen and oxygen atoms in total. The number of non-ortho nitro benzene ring substituents is 1. The minimum absolute atomic E-state index is 0.0460. The highest BCUT2D eigenvalue weighted by Crippen LogP contribution is 2.24. The van der Waals surface area contributed by atoms with Crippen LogP contribution in [0.3, 0.4) is 0 Å². The zero-order valence-electron chi connectivity index (χ0n) is 9.42. The third kappa shape index (κ3) is 2.45. The number of nitrogens with one attached hydrogen (secondary N) is 1. The molecule has 0 bridgehead atoms. The number of nitro benzene ring substituents is 1. The molecule has 0 saturated carbocycles. The van der Waals surface area contributed by atoms with Crippen LogP contribution < -0.4 is 5.32 Å². The van der Waals surface area contributed by atoms with Crippen molar-refractivity contribution in [3.63, 3.8) is 0 Å². The summed E-state index contributed by atoms with van der Waals surface area (Å²) < 4.78 is 0.760. The van der Waals surface area contributed by atoms with Gasteiger partial charge in [0, 0.05) is 30.9 Å². The van der Waals surface area contributed by atoms with Crippen molar-refractivity contribution in [3.05, 3.63) is 45.0 Å². The molecule has 1 aromatic carbocycles. The maximum absolute atomic E-state index is 10.6. The molecule has 0 unspecified atom stereocenters. The number of rotatable bonds is 3. The Labute approximate surface area is 111 Å². The topological polar surface area (TPSA) is 81.0 Å². The number of anilines is 1. The zero-order valence-corrected chi connectivity index (χ0v) is 11.0. The van der Waals surface area contributed by atoms with Gasteiger partial charge >= 0.3 is 0 Å². The Hall–Kier alpha value is -2.02. The molecule has 0 aliphatic rings. The summed E-state index contributed by atoms with van der Waals surface area (Å²) in [6.45, 7) is 0. The van der Waals surface area contributed by atoms with Crippen molar-refractivity contribution >= 4 is 27.4 Å². The van der Waals surface area contributed by atoms with Gasteiger partial charge in [-0.15, -0.1) is 0 Å². The maximum Gasteiger partial charge on any atom is 0.269 e. The highest BCUT2D eigenvalue weighted by molar-refractivity contribution is 9.10. The average Bonchev–Trinajstić information content (AvgIpc) is 2.39. The van der Waals surface area contributed by atoms with Crippen molar-refractivity contribution in [3.8, 4) is 11.4 Å². The molecule has 18 heavy (non-hydrogen) atoms. The first-order chi connectivity index (χ1) is 8.61. The molecule has 92 valence electrons. The number of nitrogens with zero attached hydrogens (tertiary/aromatic N) is 3. The van der Waals surface area contributed by atoms with E-state index in [-0.39, 0.29) is 5.69 Å². The van der Waals surface area contributed by atoms with E-state index in [2.05, 4.69) is 31.2 Å². The summed E-state index contributed by atoms with van der Waals surface area (Å²) in [5.41, 5.74) is 0.773. The van der Waals surface area contributed by atoms with Crippen molar-refractivity contribution in [2.75, 3.05) is 12.4 Å². The summed E-state index contributed by atoms with van der Waals surface area (Å²) in [7, 11) is 1.76. The van der Waals surface area contributed by atoms with Crippen LogP contribution in [-0.4, -0.2) is 21.9 Å². The number of aromatic nitrogens is 2. The smallest absolute Gasteiger partial charge is 0.269 e. The Bertz CT molecular complexity index is 586. The summed E-state index contributed by atoms with van der Waals surface area (Å²) >= 11 is 3.32. The Balaban J connectivity index is 2.39. The van der Waals surface area contributed by atoms with E-state index in [0.717, 1.165) is 10.0 Å². The van der Waals surface area contributed by atoms with Gasteiger partial charge in [-0.3, -0.25) is 10.1 Å². The van der Waals surface area contributed by atoms with Crippen LogP contribution in [-0.2, 0) is 0 Å². The second-order valence-electron chi connectivity index (χ2n) is 3.44. The van der Waals surface area contributed by atoms with E-state index in [1.807, 2.05) is 0 Å². The van der Waals surface area contributed by atoms with Crippen LogP contribution in [0.25, 0.3) is 11.4 Å². The van der Waals surface area contributed by atoms with Crippen LogP contribution in [0.1, 0.15) is 0 Å². The summed E-state index contributed by atoms with van der Waals surface area (Å²) in [6, 6.07) is 6.11. The van der Waals surface area contributed by atoms with E-state index in [9.17, 15) is 10.1 Å². The van der Waals surface area contributed by atoms with E-state index in [1.54, 1.807) is 25.4 Å². The molecule has 0 atom stereocenters. The van der Waals surface area contributed by atoms with Crippen LogP contribution in [0.4, 0.5) is 11.5 Å². The van der Waals surface area contributed by atoms with Gasteiger partial charge in [0.05, 0.1) is 9.40 Å². The molecule has 0 spiro atoms. The Morgan fingerprint density at radius 2 is 2.00 bits per heavy atom. The minimum atomic E-state index is -0.439. The molecular formula is C11H9BrN4O2. The van der Waals surface area contributed by atoms with E-state index in [0.29, 0.717) is 11.6 Å². The van der Waals surface area contributed by atoms with Crippen molar-refractivity contribution in [1.29, 1.82) is 0 Å². The summed E-state index contributed by atoms with van der Waals surface area (Å²) in [4.78, 5) is 18.6. The van der Waals surface area contributed by atoms with Crippen molar-refractivity contribution in [1.82, 2.24) is 9.97 Å². The van der Waals surface area contributed by atoms with Crippen LogP contribution in [0.5, 0.6) is 0 Å². The first kappa shape index (κ1) is 12.4. The van der Waals surface area contributed by atoms with Crippen molar-refractivity contribution < 1.29 is 4.92 Å². The van der Waals surface area contributed by atoms with Crippen LogP contribution >= 0.6 is 15.9 Å². The normalized spacial score (nSPS) is 10.1. The average molecular weight is 309 g/mol. The molecule has 0 amide bonds. The largest absolute Gasteiger partial charge is 0.372 e. The van der Waals surface area contributed by atoms with Gasteiger partial charge in [0.2, 0.25) is 0 Å². The molecule has 2 aromatic rings. The lowest BCUT2D eigenvalue weighted by Crippen LogP contribution is -1.97. The number of hydrogen-bond donors (Lipinski definition) is 1. The second-order valence-corrected chi connectivity index (χ2v) is 4.30. The molecule has 2 rings (SSSR count). The fraction of sp³-hybridized carbons (Fsp3) is 0.0909. The third-order valence-electron chi connectivity index (χ3n) is 2.32. The number of hydrogen-bond acceptors (Lipinski definition) is 5. The van der Waals surface area contributed by atoms with Gasteiger partial charge in [-0.1, -0.05) is 0 Å². The summed E-state index contributed by atoms with van der Waals surface area (Å²) in [6.07, 6.45) is 1.63. The minimum Gasteiger partial charge on any atom is -0.372 e. The predicted molar refractivity (Wildman–Crippen MR) is 71.4 cm³/mol. The lowest BCUT2D eigenvalue weighted by atomic mass is 10.2. The van der Waals surface area contributed by atoms with Gasteiger partial charge in [0.15, 0.2) is 5.82 Å². The molecule has 0 saturated heterocycles. The molecular weight excluding hydrogens is 300 g/mol. The molecule has 0 aliphatic heterocycles. The SMILES string of the molecule is CNc1nc(-c2ccc([N+](=O)[O-])cc2)ncc1Br. The second kappa shape index (κ2) is 5.09. The molecule has 0 fully saturated rings. The molecule has 1 aromatic heterocycles.